The van der Waals surface area contributed by atoms with Crippen LogP contribution < -0.4 is 5.32 Å². The fraction of sp³-hybridized carbons (Fsp3) is 0.625. The van der Waals surface area contributed by atoms with Crippen molar-refractivity contribution in [1.29, 1.82) is 0 Å². The number of amides is 1. The first kappa shape index (κ1) is 17.5. The van der Waals surface area contributed by atoms with Crippen LogP contribution in [0.2, 0.25) is 0 Å². The van der Waals surface area contributed by atoms with Crippen LogP contribution in [-0.4, -0.2) is 59.7 Å². The van der Waals surface area contributed by atoms with Crippen LogP contribution in [0.5, 0.6) is 0 Å². The Kier molecular flexibility index (Phi) is 7.76. The van der Waals surface area contributed by atoms with Crippen molar-refractivity contribution in [3.05, 3.63) is 12.2 Å². The topological polar surface area (TPSA) is 83.5 Å². The number of carbonyl (C=O) groups is 1. The first-order valence-electron chi connectivity index (χ1n) is 4.06. The van der Waals surface area contributed by atoms with Crippen molar-refractivity contribution in [1.82, 2.24) is 5.32 Å². The van der Waals surface area contributed by atoms with E-state index in [1.54, 1.807) is 13.0 Å². The fourth-order valence-corrected chi connectivity index (χ4v) is 2.00. The molecule has 0 aliphatic carbocycles. The minimum absolute atomic E-state index is 0. The summed E-state index contributed by atoms with van der Waals surface area (Å²) in [6.07, 6.45) is 2.82. The average Bonchev–Trinajstić information content (AvgIpc) is 1.78. The van der Waals surface area contributed by atoms with E-state index in [0.29, 0.717) is 0 Å². The summed E-state index contributed by atoms with van der Waals surface area (Å²) in [5.41, 5.74) is -0.982. The molecule has 0 heterocycles. The Morgan fingerprint density at radius 3 is 2.27 bits per heavy atom. The second-order valence-corrected chi connectivity index (χ2v) is 5.05. The zero-order valence-corrected chi connectivity index (χ0v) is 9.26. The van der Waals surface area contributed by atoms with Crippen molar-refractivity contribution in [3.63, 3.8) is 0 Å². The molecule has 0 fully saturated rings. The van der Waals surface area contributed by atoms with E-state index in [9.17, 15) is 13.2 Å². The Morgan fingerprint density at radius 2 is 1.93 bits per heavy atom. The molecule has 2 N–H and O–H groups in total. The SMILES string of the molecule is C/C=C/C(=O)NC(C)(C)CS(=O)(=O)O.[NaH]. The average molecular weight is 245 g/mol. The number of hydrogen-bond donors (Lipinski definition) is 2. The molecule has 0 aromatic carbocycles. The van der Waals surface area contributed by atoms with Crippen LogP contribution in [0.25, 0.3) is 0 Å². The third kappa shape index (κ3) is 10.4. The Morgan fingerprint density at radius 1 is 1.47 bits per heavy atom. The summed E-state index contributed by atoms with van der Waals surface area (Å²) in [7, 11) is -4.08. The number of nitrogens with one attached hydrogen (secondary N) is 1. The molecule has 0 saturated carbocycles. The first-order valence-corrected chi connectivity index (χ1v) is 5.67. The van der Waals surface area contributed by atoms with Crippen LogP contribution in [-0.2, 0) is 14.9 Å². The van der Waals surface area contributed by atoms with E-state index in [2.05, 4.69) is 5.32 Å². The molecule has 0 saturated heterocycles. The van der Waals surface area contributed by atoms with E-state index in [1.807, 2.05) is 0 Å². The van der Waals surface area contributed by atoms with Gasteiger partial charge in [0.15, 0.2) is 0 Å². The van der Waals surface area contributed by atoms with Crippen LogP contribution in [0.1, 0.15) is 20.8 Å². The van der Waals surface area contributed by atoms with Gasteiger partial charge in [-0.3, -0.25) is 9.35 Å². The molecule has 0 aliphatic rings. The summed E-state index contributed by atoms with van der Waals surface area (Å²) in [4.78, 5) is 11.1. The molecule has 0 atom stereocenters. The van der Waals surface area contributed by atoms with Gasteiger partial charge in [-0.25, -0.2) is 0 Å². The van der Waals surface area contributed by atoms with Gasteiger partial charge in [-0.05, 0) is 26.8 Å². The zero-order chi connectivity index (χ0) is 11.4. The van der Waals surface area contributed by atoms with E-state index < -0.39 is 21.4 Å². The Labute approximate surface area is 112 Å². The van der Waals surface area contributed by atoms with E-state index in [-0.39, 0.29) is 35.5 Å². The van der Waals surface area contributed by atoms with Gasteiger partial charge in [0.05, 0.1) is 11.3 Å². The number of carbonyl (C=O) groups excluding carboxylic acids is 1. The molecule has 0 bridgehead atoms. The van der Waals surface area contributed by atoms with Crippen molar-refractivity contribution >= 4 is 45.6 Å². The summed E-state index contributed by atoms with van der Waals surface area (Å²) in [6.45, 7) is 4.71. The molecule has 0 unspecified atom stereocenters. The van der Waals surface area contributed by atoms with Gasteiger partial charge in [0.25, 0.3) is 10.1 Å². The molecule has 15 heavy (non-hydrogen) atoms. The van der Waals surface area contributed by atoms with Crippen molar-refractivity contribution in [2.75, 3.05) is 5.75 Å². The Balaban J connectivity index is 0. The molecule has 84 valence electrons. The molecule has 0 aliphatic heterocycles. The summed E-state index contributed by atoms with van der Waals surface area (Å²) in [5, 5.41) is 2.45. The fourth-order valence-electron chi connectivity index (χ4n) is 1.02. The molecular weight excluding hydrogens is 229 g/mol. The van der Waals surface area contributed by atoms with E-state index in [0.717, 1.165) is 0 Å². The standard InChI is InChI=1S/C8H15NO4S.Na.H/c1-4-5-7(10)9-8(2,3)6-14(11,12)13;;/h4-5H,6H2,1-3H3,(H,9,10)(H,11,12,13);;/b5-4+;;. The maximum atomic E-state index is 11.1. The quantitative estimate of drug-likeness (QED) is 0.404. The molecule has 7 heteroatoms. The predicted molar refractivity (Wildman–Crippen MR) is 60.6 cm³/mol. The Hall–Kier alpha value is 0.120. The van der Waals surface area contributed by atoms with Crippen molar-refractivity contribution in [2.24, 2.45) is 0 Å². The molecule has 0 rings (SSSR count). The van der Waals surface area contributed by atoms with Crippen LogP contribution in [0.3, 0.4) is 0 Å². The van der Waals surface area contributed by atoms with Gasteiger partial charge in [-0.2, -0.15) is 8.42 Å². The second-order valence-electron chi connectivity index (χ2n) is 3.60. The normalized spacial score (nSPS) is 12.3. The van der Waals surface area contributed by atoms with Crippen LogP contribution >= 0.6 is 0 Å². The Bertz CT molecular complexity index is 335. The molecule has 0 aromatic rings. The van der Waals surface area contributed by atoms with Gasteiger partial charge in [0.1, 0.15) is 0 Å². The molecule has 0 spiro atoms. The van der Waals surface area contributed by atoms with Crippen molar-refractivity contribution in [2.45, 2.75) is 26.3 Å². The molecule has 1 amide bonds. The number of rotatable bonds is 4. The minimum atomic E-state index is -4.08. The van der Waals surface area contributed by atoms with Gasteiger partial charge >= 0.3 is 29.6 Å². The van der Waals surface area contributed by atoms with Gasteiger partial charge < -0.3 is 5.32 Å². The number of hydrogen-bond acceptors (Lipinski definition) is 3. The zero-order valence-electron chi connectivity index (χ0n) is 8.44. The van der Waals surface area contributed by atoms with Crippen molar-refractivity contribution < 1.29 is 17.8 Å². The monoisotopic (exact) mass is 245 g/mol. The van der Waals surface area contributed by atoms with E-state index in [1.165, 1.54) is 19.9 Å². The summed E-state index contributed by atoms with van der Waals surface area (Å²) in [6, 6.07) is 0. The first-order chi connectivity index (χ1) is 6.16. The van der Waals surface area contributed by atoms with Gasteiger partial charge in [-0.1, -0.05) is 6.08 Å². The summed E-state index contributed by atoms with van der Waals surface area (Å²) in [5.74, 6) is -0.898. The van der Waals surface area contributed by atoms with Crippen LogP contribution in [0, 0.1) is 0 Å². The second kappa shape index (κ2) is 6.65. The maximum absolute atomic E-state index is 11.1. The third-order valence-electron chi connectivity index (χ3n) is 1.32. The van der Waals surface area contributed by atoms with E-state index >= 15 is 0 Å². The van der Waals surface area contributed by atoms with Crippen LogP contribution in [0.4, 0.5) is 0 Å². The molecule has 5 nitrogen and oxygen atoms in total. The molecule has 0 aromatic heterocycles. The summed E-state index contributed by atoms with van der Waals surface area (Å²) >= 11 is 0. The number of allylic oxidation sites excluding steroid dienone is 1. The molecule has 0 radical (unpaired) electrons. The predicted octanol–water partition coefficient (Wildman–Crippen LogP) is -0.303. The van der Waals surface area contributed by atoms with E-state index in [4.69, 9.17) is 4.55 Å². The van der Waals surface area contributed by atoms with Gasteiger partial charge in [-0.15, -0.1) is 0 Å². The molecular formula is C8H16NNaO4S. The van der Waals surface area contributed by atoms with Gasteiger partial charge in [0, 0.05) is 0 Å². The van der Waals surface area contributed by atoms with Gasteiger partial charge in [0.2, 0.25) is 5.91 Å². The van der Waals surface area contributed by atoms with Crippen LogP contribution in [0.15, 0.2) is 12.2 Å². The summed E-state index contributed by atoms with van der Waals surface area (Å²) < 4.78 is 29.7. The van der Waals surface area contributed by atoms with Crippen molar-refractivity contribution in [3.8, 4) is 0 Å². The third-order valence-corrected chi connectivity index (χ3v) is 2.41.